The molecule has 0 aromatic carbocycles. The first-order chi connectivity index (χ1) is 16.2. The van der Waals surface area contributed by atoms with Crippen LogP contribution >= 0.6 is 0 Å². The number of pyridine rings is 1. The summed E-state index contributed by atoms with van der Waals surface area (Å²) in [5.41, 5.74) is 2.82. The van der Waals surface area contributed by atoms with E-state index in [-0.39, 0.29) is 35.7 Å². The van der Waals surface area contributed by atoms with Crippen LogP contribution in [0.5, 0.6) is 11.5 Å². The number of hydrogen-bond donors (Lipinski definition) is 2. The number of aromatic nitrogens is 3. The van der Waals surface area contributed by atoms with Gasteiger partial charge in [-0.3, -0.25) is 9.59 Å². The molecular weight excluding hydrogens is 441 g/mol. The van der Waals surface area contributed by atoms with Gasteiger partial charge in [-0.1, -0.05) is 0 Å². The van der Waals surface area contributed by atoms with Crippen molar-refractivity contribution in [2.45, 2.75) is 32.9 Å². The fourth-order valence-corrected chi connectivity index (χ4v) is 4.46. The molecule has 176 valence electrons. The summed E-state index contributed by atoms with van der Waals surface area (Å²) in [5, 5.41) is 16.6. The summed E-state index contributed by atoms with van der Waals surface area (Å²) in [6, 6.07) is 4.40. The fourth-order valence-electron chi connectivity index (χ4n) is 4.46. The van der Waals surface area contributed by atoms with E-state index in [4.69, 9.17) is 4.74 Å². The number of carbonyl (C=O) groups is 2. The van der Waals surface area contributed by atoms with Crippen molar-refractivity contribution in [2.24, 2.45) is 0 Å². The third-order valence-electron chi connectivity index (χ3n) is 6.52. The largest absolute Gasteiger partial charge is 0.452 e. The highest BCUT2D eigenvalue weighted by Crippen LogP contribution is 2.34. The Bertz CT molecular complexity index is 1470. The van der Waals surface area contributed by atoms with Crippen molar-refractivity contribution in [2.75, 3.05) is 13.6 Å². The maximum absolute atomic E-state index is 15.4. The number of likely N-dealkylation sites (tertiary alicyclic amines) is 1. The van der Waals surface area contributed by atoms with E-state index >= 15 is 4.39 Å². The van der Waals surface area contributed by atoms with Crippen molar-refractivity contribution in [1.29, 1.82) is 0 Å². The van der Waals surface area contributed by atoms with Crippen LogP contribution in [0.2, 0.25) is 0 Å². The average molecular weight is 465 g/mol. The van der Waals surface area contributed by atoms with Crippen molar-refractivity contribution in [3.63, 3.8) is 0 Å². The Hall–Kier alpha value is -3.92. The standard InChI is InChI=1S/C24H24FN5O4/c1-12-9-16-20(25)18(6-8-28(16)21(12)23(32)26-4)34-19-5-7-27-30-10-15(13(2)22(19)30)24(33)29-11-17(31)14(29)3/h5-10,14,17,31H,11H2,1-4H3,(H,26,32)/t14-,17-/m1/s1. The SMILES string of the molecule is CNC(=O)c1c(C)cc2c(F)c(Oc3ccnn4cc(C(=O)N5C[C@@H](O)[C@H]5C)c(C)c34)ccn12. The lowest BCUT2D eigenvalue weighted by molar-refractivity contribution is -0.0357. The van der Waals surface area contributed by atoms with Crippen LogP contribution in [0.25, 0.3) is 11.0 Å². The molecule has 1 fully saturated rings. The first-order valence-electron chi connectivity index (χ1n) is 10.9. The summed E-state index contributed by atoms with van der Waals surface area (Å²) in [7, 11) is 1.52. The van der Waals surface area contributed by atoms with Crippen molar-refractivity contribution in [1.82, 2.24) is 24.2 Å². The highest BCUT2D eigenvalue weighted by Gasteiger charge is 2.38. The summed E-state index contributed by atoms with van der Waals surface area (Å²) in [4.78, 5) is 26.8. The van der Waals surface area contributed by atoms with Gasteiger partial charge >= 0.3 is 0 Å². The normalized spacial score (nSPS) is 17.8. The van der Waals surface area contributed by atoms with E-state index in [1.54, 1.807) is 50.2 Å². The molecule has 34 heavy (non-hydrogen) atoms. The lowest BCUT2D eigenvalue weighted by atomic mass is 9.99. The van der Waals surface area contributed by atoms with Gasteiger partial charge in [-0.15, -0.1) is 0 Å². The van der Waals surface area contributed by atoms with E-state index in [2.05, 4.69) is 10.4 Å². The molecule has 1 aliphatic heterocycles. The van der Waals surface area contributed by atoms with Crippen LogP contribution in [0.1, 0.15) is 38.9 Å². The van der Waals surface area contributed by atoms with Gasteiger partial charge in [0.25, 0.3) is 11.8 Å². The molecule has 0 aliphatic carbocycles. The summed E-state index contributed by atoms with van der Waals surface area (Å²) < 4.78 is 24.4. The Kier molecular flexibility index (Phi) is 5.05. The summed E-state index contributed by atoms with van der Waals surface area (Å²) in [6.45, 7) is 5.60. The van der Waals surface area contributed by atoms with Crippen LogP contribution in [0.3, 0.4) is 0 Å². The van der Waals surface area contributed by atoms with Gasteiger partial charge in [0.2, 0.25) is 0 Å². The number of aliphatic hydroxyl groups is 1. The molecule has 0 radical (unpaired) electrons. The van der Waals surface area contributed by atoms with E-state index in [1.807, 2.05) is 0 Å². The van der Waals surface area contributed by atoms with Gasteiger partial charge in [-0.25, -0.2) is 8.91 Å². The molecule has 5 heterocycles. The van der Waals surface area contributed by atoms with E-state index in [9.17, 15) is 14.7 Å². The number of halogens is 1. The monoisotopic (exact) mass is 465 g/mol. The number of fused-ring (bicyclic) bond motifs is 2. The fraction of sp³-hybridized carbons (Fsp3) is 0.292. The zero-order valence-corrected chi connectivity index (χ0v) is 19.2. The number of aryl methyl sites for hydroxylation is 2. The predicted molar refractivity (Wildman–Crippen MR) is 122 cm³/mol. The van der Waals surface area contributed by atoms with Crippen molar-refractivity contribution in [3.05, 3.63) is 65.0 Å². The molecule has 9 nitrogen and oxygen atoms in total. The molecule has 4 aromatic rings. The summed E-state index contributed by atoms with van der Waals surface area (Å²) in [5.74, 6) is -0.813. The zero-order chi connectivity index (χ0) is 24.3. The van der Waals surface area contributed by atoms with Gasteiger partial charge in [-0.05, 0) is 38.0 Å². The van der Waals surface area contributed by atoms with Crippen molar-refractivity contribution >= 4 is 22.8 Å². The molecule has 2 atom stereocenters. The second kappa shape index (κ2) is 7.84. The molecule has 10 heteroatoms. The average Bonchev–Trinajstić information content (AvgIpc) is 3.35. The number of rotatable bonds is 4. The lowest BCUT2D eigenvalue weighted by Crippen LogP contribution is -2.60. The van der Waals surface area contributed by atoms with Crippen LogP contribution in [0.4, 0.5) is 4.39 Å². The molecule has 2 N–H and O–H groups in total. The molecule has 0 unspecified atom stereocenters. The smallest absolute Gasteiger partial charge is 0.268 e. The molecule has 0 spiro atoms. The number of aliphatic hydroxyl groups excluding tert-OH is 1. The van der Waals surface area contributed by atoms with Gasteiger partial charge < -0.3 is 24.5 Å². The highest BCUT2D eigenvalue weighted by atomic mass is 19.1. The Balaban J connectivity index is 1.54. The molecule has 4 aromatic heterocycles. The maximum Gasteiger partial charge on any atom is 0.268 e. The van der Waals surface area contributed by atoms with Crippen LogP contribution in [-0.2, 0) is 0 Å². The quantitative estimate of drug-likeness (QED) is 0.483. The van der Waals surface area contributed by atoms with Crippen molar-refractivity contribution < 1.29 is 23.8 Å². The molecule has 5 rings (SSSR count). The number of nitrogens with one attached hydrogen (secondary N) is 1. The van der Waals surface area contributed by atoms with Gasteiger partial charge in [0.05, 0.1) is 29.4 Å². The van der Waals surface area contributed by atoms with Crippen LogP contribution in [0, 0.1) is 19.7 Å². The molecule has 1 aliphatic rings. The number of amides is 2. The van der Waals surface area contributed by atoms with Crippen LogP contribution in [0.15, 0.2) is 36.8 Å². The Labute approximate surface area is 194 Å². The van der Waals surface area contributed by atoms with Crippen molar-refractivity contribution in [3.8, 4) is 11.5 Å². The third-order valence-corrected chi connectivity index (χ3v) is 6.52. The second-order valence-electron chi connectivity index (χ2n) is 8.53. The number of hydrogen-bond acceptors (Lipinski definition) is 5. The number of carbonyl (C=O) groups excluding carboxylic acids is 2. The second-order valence-corrected chi connectivity index (χ2v) is 8.53. The molecular formula is C24H24FN5O4. The van der Waals surface area contributed by atoms with E-state index in [0.29, 0.717) is 33.7 Å². The van der Waals surface area contributed by atoms with Gasteiger partial charge in [-0.2, -0.15) is 5.10 Å². The number of nitrogens with zero attached hydrogens (tertiary/aromatic N) is 4. The molecule has 1 saturated heterocycles. The Morgan fingerprint density at radius 3 is 2.71 bits per heavy atom. The first-order valence-corrected chi connectivity index (χ1v) is 10.9. The topological polar surface area (TPSA) is 101 Å². The van der Waals surface area contributed by atoms with Crippen LogP contribution in [-0.4, -0.2) is 61.6 Å². The Morgan fingerprint density at radius 1 is 1.26 bits per heavy atom. The van der Waals surface area contributed by atoms with Gasteiger partial charge in [0, 0.05) is 38.1 Å². The summed E-state index contributed by atoms with van der Waals surface area (Å²) >= 11 is 0. The van der Waals surface area contributed by atoms with Gasteiger partial charge in [0.1, 0.15) is 11.2 Å². The Morgan fingerprint density at radius 2 is 2.03 bits per heavy atom. The highest BCUT2D eigenvalue weighted by molar-refractivity contribution is 5.99. The minimum atomic E-state index is -0.611. The number of β-amino-alcohol motifs (C(OH)–C–C–N with tert-alkyl or cyclic N) is 1. The summed E-state index contributed by atoms with van der Waals surface area (Å²) in [6.07, 6.45) is 4.18. The maximum atomic E-state index is 15.4. The first kappa shape index (κ1) is 21.9. The minimum Gasteiger partial charge on any atom is -0.452 e. The lowest BCUT2D eigenvalue weighted by Gasteiger charge is -2.43. The molecule has 0 bridgehead atoms. The van der Waals surface area contributed by atoms with E-state index < -0.39 is 11.9 Å². The van der Waals surface area contributed by atoms with Crippen LogP contribution < -0.4 is 10.1 Å². The number of ether oxygens (including phenoxy) is 1. The molecule has 0 saturated carbocycles. The van der Waals surface area contributed by atoms with Gasteiger partial charge in [0.15, 0.2) is 17.3 Å². The molecule has 2 amide bonds. The van der Waals surface area contributed by atoms with E-state index in [1.165, 1.54) is 28.2 Å². The van der Waals surface area contributed by atoms with E-state index in [0.717, 1.165) is 0 Å². The minimum absolute atomic E-state index is 0.0190. The third kappa shape index (κ3) is 3.13. The zero-order valence-electron chi connectivity index (χ0n) is 19.2. The predicted octanol–water partition coefficient (Wildman–Crippen LogP) is 2.70.